The molecule has 366 valence electrons. The van der Waals surface area contributed by atoms with Gasteiger partial charge in [0.1, 0.15) is 13.2 Å². The van der Waals surface area contributed by atoms with Crippen molar-refractivity contribution in [1.29, 1.82) is 0 Å². The summed E-state index contributed by atoms with van der Waals surface area (Å²) in [5.41, 5.74) is 0. The summed E-state index contributed by atoms with van der Waals surface area (Å²) in [5.74, 6) is -1.05. The zero-order valence-electron chi connectivity index (χ0n) is 41.7. The maximum atomic E-state index is 12.8. The standard InChI is InChI=1S/C59H94O6/c1-4-7-10-13-16-19-22-24-26-28-29-31-32-34-37-40-43-46-49-52-58(61)64-55-56(54-63-57(60)51-48-45-42-39-36-21-18-15-12-9-6-3)65-59(62)53-50-47-44-41-38-35-33-30-27-25-23-20-17-14-11-8-5-2/h7,10,15-20,24-27,29,31,33-35,37,43,46,56H,4-6,8-9,11-14,21-23,28,30,32,36,38-42,44-45,47-55H2,1-3H3/b10-7-,18-15-,19-16-,20-17-,26-24-,27-25-,31-29-,35-33-,37-34-,46-43-/t56-/m1/s1. The van der Waals surface area contributed by atoms with Crippen LogP contribution in [-0.2, 0) is 28.6 Å². The van der Waals surface area contributed by atoms with Crippen LogP contribution in [0.5, 0.6) is 0 Å². The van der Waals surface area contributed by atoms with Gasteiger partial charge in [-0.1, -0.05) is 200 Å². The van der Waals surface area contributed by atoms with Gasteiger partial charge < -0.3 is 14.2 Å². The van der Waals surface area contributed by atoms with Gasteiger partial charge in [0.15, 0.2) is 6.10 Å². The van der Waals surface area contributed by atoms with E-state index < -0.39 is 6.10 Å². The van der Waals surface area contributed by atoms with E-state index in [1.165, 1.54) is 51.4 Å². The maximum Gasteiger partial charge on any atom is 0.306 e. The molecule has 0 rings (SSSR count). The van der Waals surface area contributed by atoms with Crippen molar-refractivity contribution in [3.8, 4) is 0 Å². The molecule has 0 aromatic heterocycles. The Morgan fingerprint density at radius 1 is 0.323 bits per heavy atom. The first kappa shape index (κ1) is 60.8. The average Bonchev–Trinajstić information content (AvgIpc) is 3.30. The van der Waals surface area contributed by atoms with Gasteiger partial charge in [0, 0.05) is 19.3 Å². The minimum atomic E-state index is -0.826. The summed E-state index contributed by atoms with van der Waals surface area (Å²) < 4.78 is 16.7. The number of ether oxygens (including phenoxy) is 3. The smallest absolute Gasteiger partial charge is 0.306 e. The first-order valence-electron chi connectivity index (χ1n) is 26.0. The molecular formula is C59H94O6. The van der Waals surface area contributed by atoms with Crippen molar-refractivity contribution in [3.05, 3.63) is 122 Å². The number of rotatable bonds is 45. The lowest BCUT2D eigenvalue weighted by Crippen LogP contribution is -2.30. The zero-order chi connectivity index (χ0) is 47.2. The van der Waals surface area contributed by atoms with Crippen LogP contribution in [0.25, 0.3) is 0 Å². The highest BCUT2D eigenvalue weighted by Gasteiger charge is 2.19. The molecule has 0 unspecified atom stereocenters. The quantitative estimate of drug-likeness (QED) is 0.0262. The Labute approximate surface area is 399 Å². The summed E-state index contributed by atoms with van der Waals surface area (Å²) in [4.78, 5) is 37.9. The van der Waals surface area contributed by atoms with Crippen LogP contribution in [0.15, 0.2) is 122 Å². The fourth-order valence-electron chi connectivity index (χ4n) is 6.51. The van der Waals surface area contributed by atoms with Gasteiger partial charge in [0.05, 0.1) is 0 Å². The second kappa shape index (κ2) is 52.4. The molecule has 0 radical (unpaired) electrons. The summed E-state index contributed by atoms with van der Waals surface area (Å²) in [6, 6.07) is 0. The molecule has 6 nitrogen and oxygen atoms in total. The Morgan fingerprint density at radius 2 is 0.646 bits per heavy atom. The molecule has 6 heteroatoms. The number of hydrogen-bond acceptors (Lipinski definition) is 6. The highest BCUT2D eigenvalue weighted by molar-refractivity contribution is 5.71. The summed E-state index contributed by atoms with van der Waals surface area (Å²) in [5, 5.41) is 0. The normalized spacial score (nSPS) is 13.1. The molecule has 0 aromatic rings. The Hall–Kier alpha value is -4.19. The summed E-state index contributed by atoms with van der Waals surface area (Å²) in [6.45, 7) is 6.34. The van der Waals surface area contributed by atoms with E-state index in [4.69, 9.17) is 14.2 Å². The number of carbonyl (C=O) groups is 3. The predicted molar refractivity (Wildman–Crippen MR) is 279 cm³/mol. The predicted octanol–water partition coefficient (Wildman–Crippen LogP) is 17.3. The molecular weight excluding hydrogens is 805 g/mol. The molecule has 0 fully saturated rings. The van der Waals surface area contributed by atoms with Gasteiger partial charge in [-0.25, -0.2) is 0 Å². The number of allylic oxidation sites excluding steroid dienone is 20. The minimum absolute atomic E-state index is 0.118. The maximum absolute atomic E-state index is 12.8. The fourth-order valence-corrected chi connectivity index (χ4v) is 6.51. The topological polar surface area (TPSA) is 78.9 Å². The lowest BCUT2D eigenvalue weighted by molar-refractivity contribution is -0.166. The van der Waals surface area contributed by atoms with Crippen molar-refractivity contribution in [2.75, 3.05) is 13.2 Å². The molecule has 0 N–H and O–H groups in total. The van der Waals surface area contributed by atoms with Gasteiger partial charge in [-0.2, -0.15) is 0 Å². The Kier molecular flexibility index (Phi) is 49.1. The van der Waals surface area contributed by atoms with Crippen LogP contribution in [0.4, 0.5) is 0 Å². The average molecular weight is 899 g/mol. The minimum Gasteiger partial charge on any atom is -0.462 e. The van der Waals surface area contributed by atoms with E-state index in [-0.39, 0.29) is 44.0 Å². The molecule has 1 atom stereocenters. The van der Waals surface area contributed by atoms with E-state index in [2.05, 4.69) is 130 Å². The van der Waals surface area contributed by atoms with E-state index in [0.717, 1.165) is 116 Å². The highest BCUT2D eigenvalue weighted by Crippen LogP contribution is 2.12. The van der Waals surface area contributed by atoms with Crippen molar-refractivity contribution in [1.82, 2.24) is 0 Å². The number of esters is 3. The third kappa shape index (κ3) is 50.7. The fraction of sp³-hybridized carbons (Fsp3) is 0.610. The van der Waals surface area contributed by atoms with Crippen LogP contribution in [0.2, 0.25) is 0 Å². The van der Waals surface area contributed by atoms with Gasteiger partial charge in [-0.3, -0.25) is 14.4 Å². The first-order valence-corrected chi connectivity index (χ1v) is 26.0. The van der Waals surface area contributed by atoms with Crippen molar-refractivity contribution in [2.45, 2.75) is 219 Å². The van der Waals surface area contributed by atoms with Crippen LogP contribution in [0.1, 0.15) is 213 Å². The van der Waals surface area contributed by atoms with Crippen LogP contribution >= 0.6 is 0 Å². The van der Waals surface area contributed by atoms with Gasteiger partial charge in [-0.05, 0) is 116 Å². The van der Waals surface area contributed by atoms with Crippen LogP contribution in [0, 0.1) is 0 Å². The summed E-state index contributed by atoms with van der Waals surface area (Å²) >= 11 is 0. The molecule has 65 heavy (non-hydrogen) atoms. The number of carbonyl (C=O) groups excluding carboxylic acids is 3. The highest BCUT2D eigenvalue weighted by atomic mass is 16.6. The summed E-state index contributed by atoms with van der Waals surface area (Å²) in [7, 11) is 0. The molecule has 0 saturated carbocycles. The van der Waals surface area contributed by atoms with Crippen molar-refractivity contribution in [3.63, 3.8) is 0 Å². The Bertz CT molecular complexity index is 1400. The first-order chi connectivity index (χ1) is 32.0. The van der Waals surface area contributed by atoms with Gasteiger partial charge in [-0.15, -0.1) is 0 Å². The van der Waals surface area contributed by atoms with Crippen LogP contribution < -0.4 is 0 Å². The lowest BCUT2D eigenvalue weighted by atomic mass is 10.1. The van der Waals surface area contributed by atoms with Gasteiger partial charge in [0.2, 0.25) is 0 Å². The largest absolute Gasteiger partial charge is 0.462 e. The van der Waals surface area contributed by atoms with Gasteiger partial charge >= 0.3 is 17.9 Å². The molecule has 0 bridgehead atoms. The molecule has 0 amide bonds. The molecule has 0 aliphatic heterocycles. The number of hydrogen-bond donors (Lipinski definition) is 0. The second-order valence-corrected chi connectivity index (χ2v) is 16.7. The van der Waals surface area contributed by atoms with Crippen molar-refractivity contribution < 1.29 is 28.6 Å². The van der Waals surface area contributed by atoms with E-state index in [1.807, 2.05) is 12.2 Å². The summed E-state index contributed by atoms with van der Waals surface area (Å²) in [6.07, 6.45) is 71.9. The zero-order valence-corrected chi connectivity index (χ0v) is 41.7. The lowest BCUT2D eigenvalue weighted by Gasteiger charge is -2.18. The second-order valence-electron chi connectivity index (χ2n) is 16.7. The SMILES string of the molecule is CC/C=C\C/C=C\C/C=C\C/C=C\C/C=C\C/C=C\CCC(=O)OC[C@@H](COC(=O)CCCCCCC/C=C\CCCC)OC(=O)CCCCCC/C=C\C/C=C\C/C=C\CCCCC. The molecule has 0 aliphatic carbocycles. The van der Waals surface area contributed by atoms with E-state index in [0.29, 0.717) is 12.8 Å². The number of unbranched alkanes of at least 4 members (excludes halogenated alkanes) is 14. The third-order valence-electron chi connectivity index (χ3n) is 10.4. The third-order valence-corrected chi connectivity index (χ3v) is 10.4. The van der Waals surface area contributed by atoms with Gasteiger partial charge in [0.25, 0.3) is 0 Å². The Balaban J connectivity index is 4.55. The van der Waals surface area contributed by atoms with E-state index in [1.54, 1.807) is 0 Å². The van der Waals surface area contributed by atoms with E-state index >= 15 is 0 Å². The molecule has 0 spiro atoms. The van der Waals surface area contributed by atoms with E-state index in [9.17, 15) is 14.4 Å². The monoisotopic (exact) mass is 899 g/mol. The van der Waals surface area contributed by atoms with Crippen LogP contribution in [-0.4, -0.2) is 37.2 Å². The van der Waals surface area contributed by atoms with Crippen molar-refractivity contribution >= 4 is 17.9 Å². The molecule has 0 aromatic carbocycles. The Morgan fingerprint density at radius 3 is 1.09 bits per heavy atom. The molecule has 0 aliphatic rings. The molecule has 0 saturated heterocycles. The van der Waals surface area contributed by atoms with Crippen LogP contribution in [0.3, 0.4) is 0 Å². The molecule has 0 heterocycles. The van der Waals surface area contributed by atoms with Crippen molar-refractivity contribution in [2.24, 2.45) is 0 Å².